The molecular formula is C20H26F2N6O. The predicted molar refractivity (Wildman–Crippen MR) is 109 cm³/mol. The van der Waals surface area contributed by atoms with Gasteiger partial charge in [-0.05, 0) is 49.8 Å². The van der Waals surface area contributed by atoms with E-state index in [0.717, 1.165) is 43.6 Å². The fourth-order valence-electron chi connectivity index (χ4n) is 3.36. The molecule has 1 aromatic heterocycles. The molecule has 0 spiro atoms. The molecular weight excluding hydrogens is 378 g/mol. The van der Waals surface area contributed by atoms with Crippen LogP contribution in [-0.4, -0.2) is 42.7 Å². The first-order valence-electron chi connectivity index (χ1n) is 9.67. The Bertz CT molecular complexity index is 839. The van der Waals surface area contributed by atoms with Crippen molar-refractivity contribution in [3.63, 3.8) is 0 Å². The molecule has 1 aliphatic carbocycles. The number of hydrogen-bond donors (Lipinski definition) is 3. The van der Waals surface area contributed by atoms with E-state index in [2.05, 4.69) is 25.9 Å². The van der Waals surface area contributed by atoms with E-state index < -0.39 is 17.7 Å². The average molecular weight is 404 g/mol. The van der Waals surface area contributed by atoms with Crippen molar-refractivity contribution in [2.45, 2.75) is 31.7 Å². The lowest BCUT2D eigenvalue weighted by Crippen LogP contribution is -2.36. The van der Waals surface area contributed by atoms with Crippen LogP contribution in [0.1, 0.15) is 25.7 Å². The van der Waals surface area contributed by atoms with Gasteiger partial charge in [0, 0.05) is 38.9 Å². The number of nitrogens with one attached hydrogen (secondary N) is 3. The van der Waals surface area contributed by atoms with E-state index in [0.29, 0.717) is 24.5 Å². The summed E-state index contributed by atoms with van der Waals surface area (Å²) in [5.41, 5.74) is -0.0447. The Morgan fingerprint density at radius 1 is 1.17 bits per heavy atom. The first-order chi connectivity index (χ1) is 13.9. The van der Waals surface area contributed by atoms with Gasteiger partial charge in [-0.25, -0.2) is 18.6 Å². The van der Waals surface area contributed by atoms with Crippen molar-refractivity contribution in [3.05, 3.63) is 42.1 Å². The van der Waals surface area contributed by atoms with Gasteiger partial charge in [0.05, 0.1) is 5.69 Å². The maximum absolute atomic E-state index is 13.6. The third-order valence-electron chi connectivity index (χ3n) is 5.01. The van der Waals surface area contributed by atoms with E-state index in [1.165, 1.54) is 6.07 Å². The number of urea groups is 1. The lowest BCUT2D eigenvalue weighted by atomic mass is 9.86. The number of hydrogen-bond acceptors (Lipinski definition) is 5. The van der Waals surface area contributed by atoms with Crippen LogP contribution in [-0.2, 0) is 0 Å². The molecule has 1 saturated carbocycles. The maximum Gasteiger partial charge on any atom is 0.319 e. The number of benzene rings is 1. The van der Waals surface area contributed by atoms with E-state index in [4.69, 9.17) is 0 Å². The zero-order chi connectivity index (χ0) is 20.8. The number of amides is 2. The molecule has 1 heterocycles. The fourth-order valence-corrected chi connectivity index (χ4v) is 3.36. The van der Waals surface area contributed by atoms with Crippen molar-refractivity contribution in [3.8, 4) is 0 Å². The summed E-state index contributed by atoms with van der Waals surface area (Å²) in [6.07, 6.45) is 5.56. The van der Waals surface area contributed by atoms with Gasteiger partial charge in [0.25, 0.3) is 0 Å². The highest BCUT2D eigenvalue weighted by Crippen LogP contribution is 2.26. The van der Waals surface area contributed by atoms with Crippen LogP contribution in [0.3, 0.4) is 0 Å². The van der Waals surface area contributed by atoms with Crippen LogP contribution < -0.4 is 20.9 Å². The molecule has 0 saturated heterocycles. The molecule has 7 nitrogen and oxygen atoms in total. The first-order valence-corrected chi connectivity index (χ1v) is 9.67. The topological polar surface area (TPSA) is 82.2 Å². The summed E-state index contributed by atoms with van der Waals surface area (Å²) in [5, 5.41) is 8.56. The van der Waals surface area contributed by atoms with Gasteiger partial charge in [-0.3, -0.25) is 0 Å². The number of rotatable bonds is 6. The summed E-state index contributed by atoms with van der Waals surface area (Å²) in [7, 11) is 3.87. The molecule has 1 fully saturated rings. The van der Waals surface area contributed by atoms with Gasteiger partial charge in [-0.15, -0.1) is 0 Å². The van der Waals surface area contributed by atoms with Crippen LogP contribution in [0.2, 0.25) is 0 Å². The van der Waals surface area contributed by atoms with Gasteiger partial charge < -0.3 is 20.9 Å². The highest BCUT2D eigenvalue weighted by molar-refractivity contribution is 5.89. The molecule has 2 aromatic rings. The number of halogens is 2. The monoisotopic (exact) mass is 404 g/mol. The van der Waals surface area contributed by atoms with Crippen molar-refractivity contribution >= 4 is 23.5 Å². The third kappa shape index (κ3) is 6.00. The quantitative estimate of drug-likeness (QED) is 0.685. The second-order valence-electron chi connectivity index (χ2n) is 7.45. The minimum Gasteiger partial charge on any atom is -0.363 e. The molecule has 9 heteroatoms. The Morgan fingerprint density at radius 3 is 2.62 bits per heavy atom. The van der Waals surface area contributed by atoms with Gasteiger partial charge in [0.2, 0.25) is 5.95 Å². The minimum atomic E-state index is -0.799. The van der Waals surface area contributed by atoms with E-state index in [1.54, 1.807) is 6.20 Å². The van der Waals surface area contributed by atoms with Gasteiger partial charge >= 0.3 is 6.03 Å². The molecule has 2 amide bonds. The Balaban J connectivity index is 1.40. The maximum atomic E-state index is 13.6. The molecule has 0 unspecified atom stereocenters. The highest BCUT2D eigenvalue weighted by atomic mass is 19.1. The number of aromatic nitrogens is 2. The first kappa shape index (κ1) is 20.8. The standard InChI is InChI=1S/C20H26F2N6O/c1-28(2)18-9-10-23-19(27-18)25-15-6-3-13(4-7-15)12-24-20(29)26-17-8-5-14(21)11-16(17)22/h5,8-11,13,15H,3-4,6-7,12H2,1-2H3,(H,23,25,27)(H2,24,26,29). The van der Waals surface area contributed by atoms with Crippen LogP contribution >= 0.6 is 0 Å². The number of nitrogens with zero attached hydrogens (tertiary/aromatic N) is 3. The molecule has 3 N–H and O–H groups in total. The lowest BCUT2D eigenvalue weighted by molar-refractivity contribution is 0.246. The number of carbonyl (C=O) groups excluding carboxylic acids is 1. The van der Waals surface area contributed by atoms with Gasteiger partial charge in [-0.2, -0.15) is 4.98 Å². The van der Waals surface area contributed by atoms with Crippen molar-refractivity contribution < 1.29 is 13.6 Å². The van der Waals surface area contributed by atoms with Gasteiger partial charge in [0.1, 0.15) is 17.5 Å². The molecule has 156 valence electrons. The molecule has 29 heavy (non-hydrogen) atoms. The van der Waals surface area contributed by atoms with E-state index in [1.807, 2.05) is 25.1 Å². The smallest absolute Gasteiger partial charge is 0.319 e. The van der Waals surface area contributed by atoms with Crippen molar-refractivity contribution in [2.75, 3.05) is 36.2 Å². The van der Waals surface area contributed by atoms with Crippen LogP contribution in [0.15, 0.2) is 30.5 Å². The largest absolute Gasteiger partial charge is 0.363 e. The zero-order valence-electron chi connectivity index (χ0n) is 16.6. The fraction of sp³-hybridized carbons (Fsp3) is 0.450. The summed E-state index contributed by atoms with van der Waals surface area (Å²) in [4.78, 5) is 22.7. The SMILES string of the molecule is CN(C)c1ccnc(NC2CCC(CNC(=O)Nc3ccc(F)cc3F)CC2)n1. The molecule has 1 aliphatic rings. The second kappa shape index (κ2) is 9.49. The van der Waals surface area contributed by atoms with Crippen LogP contribution in [0.25, 0.3) is 0 Å². The lowest BCUT2D eigenvalue weighted by Gasteiger charge is -2.29. The Kier molecular flexibility index (Phi) is 6.79. The zero-order valence-corrected chi connectivity index (χ0v) is 16.6. The van der Waals surface area contributed by atoms with Gasteiger partial charge in [0.15, 0.2) is 0 Å². The molecule has 1 aromatic carbocycles. The average Bonchev–Trinajstić information content (AvgIpc) is 2.70. The Hall–Kier alpha value is -2.97. The van der Waals surface area contributed by atoms with Gasteiger partial charge in [-0.1, -0.05) is 0 Å². The van der Waals surface area contributed by atoms with Crippen LogP contribution in [0, 0.1) is 17.6 Å². The van der Waals surface area contributed by atoms with E-state index >= 15 is 0 Å². The van der Waals surface area contributed by atoms with E-state index in [9.17, 15) is 13.6 Å². The second-order valence-corrected chi connectivity index (χ2v) is 7.45. The van der Waals surface area contributed by atoms with Crippen molar-refractivity contribution in [1.82, 2.24) is 15.3 Å². The molecule has 0 radical (unpaired) electrons. The van der Waals surface area contributed by atoms with Crippen molar-refractivity contribution in [1.29, 1.82) is 0 Å². The molecule has 0 atom stereocenters. The summed E-state index contributed by atoms with van der Waals surface area (Å²) in [6, 6.07) is 4.70. The Labute approximate surface area is 168 Å². The molecule has 3 rings (SSSR count). The third-order valence-corrected chi connectivity index (χ3v) is 5.01. The number of carbonyl (C=O) groups is 1. The minimum absolute atomic E-state index is 0.0447. The predicted octanol–water partition coefficient (Wildman–Crippen LogP) is 3.61. The summed E-state index contributed by atoms with van der Waals surface area (Å²) in [6.45, 7) is 0.508. The van der Waals surface area contributed by atoms with Crippen LogP contribution in [0.4, 0.5) is 31.0 Å². The Morgan fingerprint density at radius 2 is 1.93 bits per heavy atom. The van der Waals surface area contributed by atoms with Crippen molar-refractivity contribution in [2.24, 2.45) is 5.92 Å². The van der Waals surface area contributed by atoms with E-state index in [-0.39, 0.29) is 5.69 Å². The summed E-state index contributed by atoms with van der Waals surface area (Å²) in [5.74, 6) is 0.346. The normalized spacial score (nSPS) is 18.8. The van der Waals surface area contributed by atoms with Crippen LogP contribution in [0.5, 0.6) is 0 Å². The summed E-state index contributed by atoms with van der Waals surface area (Å²) < 4.78 is 26.5. The number of anilines is 3. The molecule has 0 aliphatic heterocycles. The highest BCUT2D eigenvalue weighted by Gasteiger charge is 2.22. The summed E-state index contributed by atoms with van der Waals surface area (Å²) >= 11 is 0. The molecule has 0 bridgehead atoms.